The van der Waals surface area contributed by atoms with Crippen LogP contribution in [0.4, 0.5) is 11.4 Å². The predicted molar refractivity (Wildman–Crippen MR) is 100 cm³/mol. The molecule has 0 radical (unpaired) electrons. The number of carboxylic acid groups (broad SMARTS) is 1. The molecule has 3 rings (SSSR count). The second-order valence-corrected chi connectivity index (χ2v) is 7.27. The van der Waals surface area contributed by atoms with Crippen molar-refractivity contribution in [3.05, 3.63) is 59.8 Å². The van der Waals surface area contributed by atoms with Crippen LogP contribution < -0.4 is 10.9 Å². The van der Waals surface area contributed by atoms with Gasteiger partial charge in [0.15, 0.2) is 11.4 Å². The number of hydrogen-bond donors (Lipinski definition) is 5. The van der Waals surface area contributed by atoms with Gasteiger partial charge in [0.05, 0.1) is 16.3 Å². The van der Waals surface area contributed by atoms with Crippen LogP contribution in [0.15, 0.2) is 53.4 Å². The normalized spacial score (nSPS) is 11.2. The Hall–Kier alpha value is -3.57. The lowest BCUT2D eigenvalue weighted by atomic mass is 10.2. The minimum absolute atomic E-state index is 0.174. The summed E-state index contributed by atoms with van der Waals surface area (Å²) in [4.78, 5) is 11.1. The number of carboxylic acids is 1. The van der Waals surface area contributed by atoms with Crippen LogP contribution in [0.2, 0.25) is 0 Å². The molecule has 0 amide bonds. The molecule has 0 saturated heterocycles. The molecular weight excluding hydrogens is 388 g/mol. The van der Waals surface area contributed by atoms with Gasteiger partial charge in [-0.25, -0.2) is 4.79 Å². The number of rotatable bonds is 6. The number of aromatic nitrogens is 2. The molecule has 0 spiro atoms. The molecule has 0 atom stereocenters. The van der Waals surface area contributed by atoms with E-state index in [-0.39, 0.29) is 16.3 Å². The standard InChI is InChI=1S/C17H16N4O6S/c1-10-2-4-11(5-3-10)18-19-14-15(17(23)24)20-21(16(14)22)12-6-8-13(9-7-12)28(25,26)27/h2-9,18-19,22H,1H3,(H,23,24)(H,25,26,27). The van der Waals surface area contributed by atoms with Crippen LogP contribution >= 0.6 is 0 Å². The predicted octanol–water partition coefficient (Wildman–Crippen LogP) is 2.27. The molecule has 2 aromatic carbocycles. The Morgan fingerprint density at radius 3 is 2.18 bits per heavy atom. The van der Waals surface area contributed by atoms with Gasteiger partial charge >= 0.3 is 5.97 Å². The van der Waals surface area contributed by atoms with Gasteiger partial charge in [0.2, 0.25) is 5.88 Å². The van der Waals surface area contributed by atoms with Crippen molar-refractivity contribution >= 4 is 27.5 Å². The molecule has 28 heavy (non-hydrogen) atoms. The van der Waals surface area contributed by atoms with Crippen LogP contribution in [0.1, 0.15) is 16.1 Å². The highest BCUT2D eigenvalue weighted by atomic mass is 32.2. The highest BCUT2D eigenvalue weighted by Crippen LogP contribution is 2.30. The molecule has 146 valence electrons. The van der Waals surface area contributed by atoms with E-state index in [1.165, 1.54) is 12.1 Å². The van der Waals surface area contributed by atoms with Gasteiger partial charge in [0, 0.05) is 0 Å². The molecular formula is C17H16N4O6S. The Morgan fingerprint density at radius 2 is 1.64 bits per heavy atom. The van der Waals surface area contributed by atoms with Gasteiger partial charge in [-0.05, 0) is 43.3 Å². The van der Waals surface area contributed by atoms with E-state index in [0.717, 1.165) is 22.4 Å². The summed E-state index contributed by atoms with van der Waals surface area (Å²) in [6, 6.07) is 12.0. The van der Waals surface area contributed by atoms with Gasteiger partial charge in [-0.2, -0.15) is 18.2 Å². The van der Waals surface area contributed by atoms with Crippen molar-refractivity contribution in [1.29, 1.82) is 0 Å². The lowest BCUT2D eigenvalue weighted by Crippen LogP contribution is -2.11. The lowest BCUT2D eigenvalue weighted by Gasteiger charge is -2.10. The zero-order valence-corrected chi connectivity index (χ0v) is 15.3. The van der Waals surface area contributed by atoms with E-state index >= 15 is 0 Å². The molecule has 10 nitrogen and oxygen atoms in total. The molecule has 0 aliphatic carbocycles. The summed E-state index contributed by atoms with van der Waals surface area (Å²) in [6.45, 7) is 1.92. The zero-order valence-electron chi connectivity index (χ0n) is 14.5. The fraction of sp³-hybridized carbons (Fsp3) is 0.0588. The van der Waals surface area contributed by atoms with Crippen molar-refractivity contribution in [3.63, 3.8) is 0 Å². The third-order valence-electron chi connectivity index (χ3n) is 3.83. The van der Waals surface area contributed by atoms with Crippen LogP contribution in [0.25, 0.3) is 5.69 Å². The molecule has 0 bridgehead atoms. The Labute approximate surface area is 159 Å². The summed E-state index contributed by atoms with van der Waals surface area (Å²) in [7, 11) is -4.38. The van der Waals surface area contributed by atoms with E-state index < -0.39 is 27.7 Å². The topological polar surface area (TPSA) is 154 Å². The maximum atomic E-state index is 11.5. The average molecular weight is 404 g/mol. The highest BCUT2D eigenvalue weighted by molar-refractivity contribution is 7.85. The largest absolute Gasteiger partial charge is 0.492 e. The van der Waals surface area contributed by atoms with E-state index in [4.69, 9.17) is 4.55 Å². The molecule has 0 fully saturated rings. The zero-order chi connectivity index (χ0) is 20.5. The Kier molecular flexibility index (Phi) is 4.94. The number of nitrogens with zero attached hydrogens (tertiary/aromatic N) is 2. The van der Waals surface area contributed by atoms with Crippen molar-refractivity contribution in [3.8, 4) is 11.6 Å². The Balaban J connectivity index is 1.94. The minimum Gasteiger partial charge on any atom is -0.492 e. The molecule has 11 heteroatoms. The summed E-state index contributed by atoms with van der Waals surface area (Å²) < 4.78 is 32.2. The van der Waals surface area contributed by atoms with Crippen molar-refractivity contribution < 1.29 is 28.0 Å². The number of hydrazine groups is 1. The van der Waals surface area contributed by atoms with Crippen molar-refractivity contribution in [2.45, 2.75) is 11.8 Å². The monoisotopic (exact) mass is 404 g/mol. The molecule has 1 heterocycles. The first-order valence-corrected chi connectivity index (χ1v) is 9.32. The fourth-order valence-electron chi connectivity index (χ4n) is 2.38. The second kappa shape index (κ2) is 7.21. The molecule has 0 unspecified atom stereocenters. The van der Waals surface area contributed by atoms with E-state index in [0.29, 0.717) is 5.69 Å². The van der Waals surface area contributed by atoms with Crippen molar-refractivity contribution in [1.82, 2.24) is 9.78 Å². The van der Waals surface area contributed by atoms with Crippen LogP contribution in [0.5, 0.6) is 5.88 Å². The highest BCUT2D eigenvalue weighted by Gasteiger charge is 2.23. The van der Waals surface area contributed by atoms with Gasteiger partial charge in [0.1, 0.15) is 0 Å². The van der Waals surface area contributed by atoms with Crippen LogP contribution in [0.3, 0.4) is 0 Å². The minimum atomic E-state index is -4.38. The maximum absolute atomic E-state index is 11.5. The van der Waals surface area contributed by atoms with E-state index in [1.54, 1.807) is 12.1 Å². The second-order valence-electron chi connectivity index (χ2n) is 5.85. The lowest BCUT2D eigenvalue weighted by molar-refractivity contribution is 0.0691. The third kappa shape index (κ3) is 3.89. The maximum Gasteiger partial charge on any atom is 0.358 e. The molecule has 5 N–H and O–H groups in total. The summed E-state index contributed by atoms with van der Waals surface area (Å²) in [6.07, 6.45) is 0. The van der Waals surface area contributed by atoms with Crippen LogP contribution in [-0.2, 0) is 10.1 Å². The first-order chi connectivity index (χ1) is 13.2. The van der Waals surface area contributed by atoms with Crippen LogP contribution in [-0.4, -0.2) is 38.9 Å². The number of hydrogen-bond acceptors (Lipinski definition) is 7. The van der Waals surface area contributed by atoms with Gasteiger partial charge in [-0.3, -0.25) is 9.98 Å². The molecule has 0 aliphatic rings. The smallest absolute Gasteiger partial charge is 0.358 e. The number of carbonyl (C=O) groups is 1. The van der Waals surface area contributed by atoms with Gasteiger partial charge in [-0.15, -0.1) is 0 Å². The SMILES string of the molecule is Cc1ccc(NNc2c(C(=O)O)nn(-c3ccc(S(=O)(=O)O)cc3)c2O)cc1. The van der Waals surface area contributed by atoms with E-state index in [9.17, 15) is 23.4 Å². The summed E-state index contributed by atoms with van der Waals surface area (Å²) in [5.74, 6) is -1.88. The quantitative estimate of drug-likeness (QED) is 0.307. The summed E-state index contributed by atoms with van der Waals surface area (Å²) >= 11 is 0. The van der Waals surface area contributed by atoms with Crippen molar-refractivity contribution in [2.75, 3.05) is 10.9 Å². The van der Waals surface area contributed by atoms with Gasteiger partial charge in [0.25, 0.3) is 10.1 Å². The van der Waals surface area contributed by atoms with E-state index in [1.807, 2.05) is 19.1 Å². The number of benzene rings is 2. The number of aromatic carboxylic acids is 1. The van der Waals surface area contributed by atoms with Gasteiger partial charge < -0.3 is 15.6 Å². The Bertz CT molecular complexity index is 1120. The summed E-state index contributed by atoms with van der Waals surface area (Å²) in [5.41, 5.74) is 6.65. The Morgan fingerprint density at radius 1 is 1.04 bits per heavy atom. The number of aryl methyl sites for hydroxylation is 1. The van der Waals surface area contributed by atoms with Gasteiger partial charge in [-0.1, -0.05) is 17.7 Å². The van der Waals surface area contributed by atoms with Crippen LogP contribution in [0, 0.1) is 6.92 Å². The van der Waals surface area contributed by atoms with E-state index in [2.05, 4.69) is 16.0 Å². The number of aromatic hydroxyl groups is 1. The first-order valence-electron chi connectivity index (χ1n) is 7.88. The number of anilines is 2. The third-order valence-corrected chi connectivity index (χ3v) is 4.69. The molecule has 0 aliphatic heterocycles. The first kappa shape index (κ1) is 19.2. The molecule has 0 saturated carbocycles. The van der Waals surface area contributed by atoms with Crippen molar-refractivity contribution in [2.24, 2.45) is 0 Å². The average Bonchev–Trinajstić information content (AvgIpc) is 2.97. The fourth-order valence-corrected chi connectivity index (χ4v) is 2.86. The molecule has 1 aromatic heterocycles. The number of nitrogens with one attached hydrogen (secondary N) is 2. The molecule has 3 aromatic rings. The summed E-state index contributed by atoms with van der Waals surface area (Å²) in [5, 5.41) is 23.6.